The smallest absolute Gasteiger partial charge is 0.343 e. The zero-order valence-electron chi connectivity index (χ0n) is 19.1. The van der Waals surface area contributed by atoms with Crippen LogP contribution in [0.2, 0.25) is 10.0 Å². The van der Waals surface area contributed by atoms with E-state index in [0.717, 1.165) is 16.7 Å². The standard InChI is InChI=1S/C26H17Cl2FINO5S/c1-2-35-21-11-14(10-20(30)23(21)36-25(33)15-6-8-16(27)9-7-15)12-22-24(32)31(26(34)37-22)13-17-18(28)4-3-5-19(17)29/h3-12H,2,13H2,1H3/b22-12-. The summed E-state index contributed by atoms with van der Waals surface area (Å²) in [4.78, 5) is 39.3. The molecule has 0 unspecified atom stereocenters. The average Bonchev–Trinajstić information content (AvgIpc) is 3.11. The Kier molecular flexibility index (Phi) is 8.79. The number of rotatable bonds is 7. The van der Waals surface area contributed by atoms with Gasteiger partial charge in [-0.1, -0.05) is 29.3 Å². The summed E-state index contributed by atoms with van der Waals surface area (Å²) in [6.45, 7) is 1.79. The Labute approximate surface area is 239 Å². The number of nitrogens with zero attached hydrogens (tertiary/aromatic N) is 1. The van der Waals surface area contributed by atoms with Gasteiger partial charge in [0.05, 0.1) is 27.2 Å². The molecule has 0 aromatic heterocycles. The van der Waals surface area contributed by atoms with Crippen molar-refractivity contribution < 1.29 is 28.2 Å². The summed E-state index contributed by atoms with van der Waals surface area (Å²) in [5.41, 5.74) is 0.927. The molecule has 0 atom stereocenters. The molecule has 11 heteroatoms. The summed E-state index contributed by atoms with van der Waals surface area (Å²) in [5, 5.41) is 0.0818. The SMILES string of the molecule is CCOc1cc(/C=C2\SC(=O)N(Cc3c(F)cccc3Cl)C2=O)cc(I)c1OC(=O)c1ccc(Cl)cc1. The summed E-state index contributed by atoms with van der Waals surface area (Å²) >= 11 is 14.7. The molecular formula is C26H17Cl2FINO5S. The van der Waals surface area contributed by atoms with Crippen LogP contribution in [0.3, 0.4) is 0 Å². The lowest BCUT2D eigenvalue weighted by molar-refractivity contribution is -0.123. The molecule has 37 heavy (non-hydrogen) atoms. The Morgan fingerprint density at radius 1 is 1.14 bits per heavy atom. The first-order chi connectivity index (χ1) is 17.7. The first-order valence-corrected chi connectivity index (χ1v) is 13.5. The first-order valence-electron chi connectivity index (χ1n) is 10.8. The maximum Gasteiger partial charge on any atom is 0.343 e. The van der Waals surface area contributed by atoms with Gasteiger partial charge in [-0.2, -0.15) is 0 Å². The second-order valence-corrected chi connectivity index (χ2v) is 10.6. The molecule has 0 radical (unpaired) electrons. The van der Waals surface area contributed by atoms with Gasteiger partial charge >= 0.3 is 5.97 Å². The monoisotopic (exact) mass is 671 g/mol. The zero-order chi connectivity index (χ0) is 26.7. The third kappa shape index (κ3) is 6.28. The van der Waals surface area contributed by atoms with Gasteiger partial charge in [0.1, 0.15) is 5.82 Å². The summed E-state index contributed by atoms with van der Waals surface area (Å²) in [6, 6.07) is 13.7. The van der Waals surface area contributed by atoms with Gasteiger partial charge in [0.2, 0.25) is 0 Å². The van der Waals surface area contributed by atoms with Crippen LogP contribution in [-0.2, 0) is 11.3 Å². The van der Waals surface area contributed by atoms with Crippen LogP contribution >= 0.6 is 57.6 Å². The molecule has 190 valence electrons. The molecule has 1 heterocycles. The van der Waals surface area contributed by atoms with Crippen molar-refractivity contribution in [1.82, 2.24) is 4.90 Å². The topological polar surface area (TPSA) is 72.9 Å². The van der Waals surface area contributed by atoms with Crippen LogP contribution < -0.4 is 9.47 Å². The van der Waals surface area contributed by atoms with Crippen LogP contribution in [0.4, 0.5) is 9.18 Å². The molecule has 0 saturated carbocycles. The summed E-state index contributed by atoms with van der Waals surface area (Å²) in [7, 11) is 0. The van der Waals surface area contributed by atoms with Gasteiger partial charge in [-0.3, -0.25) is 14.5 Å². The predicted octanol–water partition coefficient (Wildman–Crippen LogP) is 7.59. The molecule has 4 rings (SSSR count). The third-order valence-corrected chi connectivity index (χ3v) is 7.47. The molecule has 1 saturated heterocycles. The highest BCUT2D eigenvalue weighted by Gasteiger charge is 2.36. The van der Waals surface area contributed by atoms with Crippen molar-refractivity contribution in [2.24, 2.45) is 0 Å². The Morgan fingerprint density at radius 2 is 1.86 bits per heavy atom. The Hall–Kier alpha value is -2.60. The molecule has 2 amide bonds. The van der Waals surface area contributed by atoms with Crippen LogP contribution in [0.15, 0.2) is 59.5 Å². The van der Waals surface area contributed by atoms with Gasteiger partial charge in [0.25, 0.3) is 11.1 Å². The molecule has 0 aliphatic carbocycles. The number of benzene rings is 3. The van der Waals surface area contributed by atoms with Crippen molar-refractivity contribution in [3.8, 4) is 11.5 Å². The highest BCUT2D eigenvalue weighted by molar-refractivity contribution is 14.1. The second-order valence-electron chi connectivity index (χ2n) is 7.63. The van der Waals surface area contributed by atoms with E-state index < -0.39 is 22.9 Å². The number of carbonyl (C=O) groups excluding carboxylic acids is 3. The van der Waals surface area contributed by atoms with Crippen molar-refractivity contribution in [1.29, 1.82) is 0 Å². The number of thioether (sulfide) groups is 1. The van der Waals surface area contributed by atoms with Crippen LogP contribution in [0.25, 0.3) is 6.08 Å². The molecule has 1 aliphatic heterocycles. The molecule has 1 fully saturated rings. The quantitative estimate of drug-likeness (QED) is 0.112. The normalized spacial score (nSPS) is 14.4. The number of hydrogen-bond donors (Lipinski definition) is 0. The fourth-order valence-corrected chi connectivity index (χ4v) is 5.32. The van der Waals surface area contributed by atoms with Crippen molar-refractivity contribution in [3.63, 3.8) is 0 Å². The van der Waals surface area contributed by atoms with Crippen LogP contribution in [-0.4, -0.2) is 28.6 Å². The number of esters is 1. The number of ether oxygens (including phenoxy) is 2. The van der Waals surface area contributed by atoms with E-state index >= 15 is 0 Å². The number of amides is 2. The molecule has 1 aliphatic rings. The van der Waals surface area contributed by atoms with Gasteiger partial charge in [0.15, 0.2) is 11.5 Å². The van der Waals surface area contributed by atoms with E-state index in [0.29, 0.717) is 32.1 Å². The largest absolute Gasteiger partial charge is 0.490 e. The maximum absolute atomic E-state index is 14.2. The van der Waals surface area contributed by atoms with E-state index in [9.17, 15) is 18.8 Å². The van der Waals surface area contributed by atoms with Gasteiger partial charge in [-0.05, 0) is 101 Å². The average molecular weight is 672 g/mol. The minimum atomic E-state index is -0.602. The summed E-state index contributed by atoms with van der Waals surface area (Å²) in [6.07, 6.45) is 1.53. The molecule has 3 aromatic rings. The predicted molar refractivity (Wildman–Crippen MR) is 150 cm³/mol. The molecule has 0 spiro atoms. The molecule has 0 bridgehead atoms. The third-order valence-electron chi connectivity index (χ3n) is 5.16. The fourth-order valence-electron chi connectivity index (χ4n) is 3.40. The van der Waals surface area contributed by atoms with Gasteiger partial charge in [-0.15, -0.1) is 0 Å². The van der Waals surface area contributed by atoms with E-state index in [2.05, 4.69) is 0 Å². The lowest BCUT2D eigenvalue weighted by Gasteiger charge is -2.14. The number of carbonyl (C=O) groups is 3. The maximum atomic E-state index is 14.2. The lowest BCUT2D eigenvalue weighted by atomic mass is 10.1. The fraction of sp³-hybridized carbons (Fsp3) is 0.115. The Bertz CT molecular complexity index is 1410. The summed E-state index contributed by atoms with van der Waals surface area (Å²) in [5.74, 6) is -1.24. The van der Waals surface area contributed by atoms with E-state index in [-0.39, 0.29) is 27.8 Å². The van der Waals surface area contributed by atoms with Crippen molar-refractivity contribution >= 4 is 80.7 Å². The van der Waals surface area contributed by atoms with Crippen molar-refractivity contribution in [2.45, 2.75) is 13.5 Å². The van der Waals surface area contributed by atoms with E-state index in [1.54, 1.807) is 43.3 Å². The van der Waals surface area contributed by atoms with Crippen LogP contribution in [0, 0.1) is 9.39 Å². The van der Waals surface area contributed by atoms with Gasteiger partial charge < -0.3 is 9.47 Å². The number of hydrogen-bond acceptors (Lipinski definition) is 6. The van der Waals surface area contributed by atoms with E-state index in [4.69, 9.17) is 32.7 Å². The van der Waals surface area contributed by atoms with Gasteiger partial charge in [-0.25, -0.2) is 9.18 Å². The lowest BCUT2D eigenvalue weighted by Crippen LogP contribution is -2.28. The van der Waals surface area contributed by atoms with Crippen LogP contribution in [0.5, 0.6) is 11.5 Å². The van der Waals surface area contributed by atoms with E-state index in [1.165, 1.54) is 24.3 Å². The minimum absolute atomic E-state index is 0.0627. The first kappa shape index (κ1) is 27.4. The van der Waals surface area contributed by atoms with Gasteiger partial charge in [0, 0.05) is 15.6 Å². The van der Waals surface area contributed by atoms with E-state index in [1.807, 2.05) is 22.6 Å². The summed E-state index contributed by atoms with van der Waals surface area (Å²) < 4.78 is 26.1. The molecular weight excluding hydrogens is 655 g/mol. The minimum Gasteiger partial charge on any atom is -0.490 e. The van der Waals surface area contributed by atoms with Crippen LogP contribution in [0.1, 0.15) is 28.4 Å². The Morgan fingerprint density at radius 3 is 2.54 bits per heavy atom. The molecule has 3 aromatic carbocycles. The van der Waals surface area contributed by atoms with Crippen molar-refractivity contribution in [2.75, 3.05) is 6.61 Å². The zero-order valence-corrected chi connectivity index (χ0v) is 23.6. The number of imide groups is 1. The second kappa shape index (κ2) is 11.8. The Balaban J connectivity index is 1.60. The highest BCUT2D eigenvalue weighted by Crippen LogP contribution is 2.38. The number of halogens is 4. The molecule has 6 nitrogen and oxygen atoms in total. The van der Waals surface area contributed by atoms with Crippen molar-refractivity contribution in [3.05, 3.63) is 95.6 Å². The molecule has 0 N–H and O–H groups in total. The highest BCUT2D eigenvalue weighted by atomic mass is 127.